The number of amides is 3. The number of hydrogen-bond acceptors (Lipinski definition) is 15. The molecule has 5 aromatic carbocycles. The molecule has 3 amide bonds. The summed E-state index contributed by atoms with van der Waals surface area (Å²) in [6.45, 7) is 8.98. The van der Waals surface area contributed by atoms with E-state index in [0.717, 1.165) is 70.8 Å². The Kier molecular flexibility index (Phi) is 18.2. The molecule has 0 spiro atoms. The van der Waals surface area contributed by atoms with Crippen molar-refractivity contribution >= 4 is 74.0 Å². The first-order chi connectivity index (χ1) is 38.5. The second kappa shape index (κ2) is 25.8. The monoisotopic (exact) mass is 1110 g/mol. The largest absolute Gasteiger partial charge is 0.493 e. The number of fused-ring (bicyclic) bond motifs is 8. The number of rotatable bonds is 27. The van der Waals surface area contributed by atoms with E-state index in [1.165, 1.54) is 6.42 Å². The zero-order valence-electron chi connectivity index (χ0n) is 45.9. The molecule has 1 fully saturated rings. The minimum absolute atomic E-state index is 0.0213. The number of carbonyl (C=O) groups excluding carboxylic acids is 3. The highest BCUT2D eigenvalue weighted by Crippen LogP contribution is 2.44. The first-order valence-electron chi connectivity index (χ1n) is 27.4. The van der Waals surface area contributed by atoms with Crippen molar-refractivity contribution in [2.45, 2.75) is 94.9 Å². The highest BCUT2D eigenvalue weighted by molar-refractivity contribution is 8.77. The van der Waals surface area contributed by atoms with E-state index in [1.807, 2.05) is 69.3 Å². The van der Waals surface area contributed by atoms with Gasteiger partial charge in [-0.2, -0.15) is 0 Å². The number of carbonyl (C=O) groups is 3. The van der Waals surface area contributed by atoms with E-state index in [-0.39, 0.29) is 47.8 Å². The van der Waals surface area contributed by atoms with Crippen molar-refractivity contribution in [2.24, 2.45) is 4.99 Å². The molecule has 418 valence electrons. The molecule has 5 aromatic rings. The third-order valence-corrected chi connectivity index (χ3v) is 18.3. The number of anilines is 4. The van der Waals surface area contributed by atoms with Gasteiger partial charge in [0.15, 0.2) is 23.0 Å². The second-order valence-electron chi connectivity index (χ2n) is 21.2. The smallest absolute Gasteiger partial charge is 0.261 e. The first kappa shape index (κ1) is 55.9. The fraction of sp³-hybridized carbons (Fsp3) is 0.443. The highest BCUT2D eigenvalue weighted by atomic mass is 33.1. The van der Waals surface area contributed by atoms with Crippen molar-refractivity contribution in [1.82, 2.24) is 5.32 Å². The lowest BCUT2D eigenvalue weighted by molar-refractivity contribution is -0.122. The molecule has 4 aliphatic heterocycles. The Bertz CT molecular complexity index is 3030. The number of methoxy groups -OCH3 is 3. The Morgan fingerprint density at radius 3 is 2.10 bits per heavy atom. The zero-order chi connectivity index (χ0) is 54.9. The average molecular weight is 1110 g/mol. The number of benzene rings is 5. The van der Waals surface area contributed by atoms with Crippen LogP contribution >= 0.6 is 21.6 Å². The summed E-state index contributed by atoms with van der Waals surface area (Å²) >= 11 is 0. The summed E-state index contributed by atoms with van der Waals surface area (Å²) in [5, 5.41) is 6.72. The SMILES string of the molecule is COCCOCCOCCN(CC(C)(C)SSCCCC(=O)NC1CCC1)c1cc(COc2cc3c(cc2OC)C(=O)N2c4ccccc4C[C@H]2C=N3)cc(COc2cc3c(cc2OC)C(=O)N2c4ccccc4C[C@H]2CN3)c1. The molecule has 2 atom stereocenters. The third-order valence-electron chi connectivity index (χ3n) is 14.9. The molecule has 1 saturated carbocycles. The van der Waals surface area contributed by atoms with Gasteiger partial charge in [-0.15, -0.1) is 0 Å². The van der Waals surface area contributed by atoms with Crippen LogP contribution in [-0.4, -0.2) is 127 Å². The van der Waals surface area contributed by atoms with Crippen LogP contribution in [0.2, 0.25) is 0 Å². The van der Waals surface area contributed by atoms with Crippen LogP contribution in [0, 0.1) is 0 Å². The van der Waals surface area contributed by atoms with Gasteiger partial charge in [-0.25, -0.2) is 0 Å². The summed E-state index contributed by atoms with van der Waals surface area (Å²) < 4.78 is 42.0. The Labute approximate surface area is 471 Å². The second-order valence-corrected chi connectivity index (χ2v) is 24.3. The lowest BCUT2D eigenvalue weighted by atomic mass is 9.93. The fourth-order valence-electron chi connectivity index (χ4n) is 10.8. The Balaban J connectivity index is 0.915. The minimum Gasteiger partial charge on any atom is -0.493 e. The summed E-state index contributed by atoms with van der Waals surface area (Å²) in [5.41, 5.74) is 8.94. The topological polar surface area (TPSA) is 162 Å². The van der Waals surface area contributed by atoms with Crippen molar-refractivity contribution in [3.63, 3.8) is 0 Å². The fourth-order valence-corrected chi connectivity index (χ4v) is 13.4. The number of nitrogens with zero attached hydrogens (tertiary/aromatic N) is 4. The maximum atomic E-state index is 14.3. The summed E-state index contributed by atoms with van der Waals surface area (Å²) in [4.78, 5) is 52.0. The van der Waals surface area contributed by atoms with Crippen LogP contribution in [0.3, 0.4) is 0 Å². The predicted molar refractivity (Wildman–Crippen MR) is 314 cm³/mol. The van der Waals surface area contributed by atoms with E-state index in [4.69, 9.17) is 38.2 Å². The van der Waals surface area contributed by atoms with Crippen molar-refractivity contribution in [1.29, 1.82) is 0 Å². The molecule has 0 radical (unpaired) electrons. The Morgan fingerprint density at radius 1 is 0.759 bits per heavy atom. The Hall–Kier alpha value is -6.44. The van der Waals surface area contributed by atoms with E-state index < -0.39 is 0 Å². The molecular formula is C61H72N6O10S2. The molecule has 5 aliphatic rings. The van der Waals surface area contributed by atoms with Gasteiger partial charge in [0.25, 0.3) is 11.8 Å². The van der Waals surface area contributed by atoms with Gasteiger partial charge in [0.1, 0.15) is 13.2 Å². The molecule has 0 bridgehead atoms. The molecule has 0 saturated heterocycles. The van der Waals surface area contributed by atoms with Crippen LogP contribution in [0.4, 0.5) is 28.4 Å². The minimum atomic E-state index is -0.230. The lowest BCUT2D eigenvalue weighted by Gasteiger charge is -2.34. The predicted octanol–water partition coefficient (Wildman–Crippen LogP) is 10.2. The quantitative estimate of drug-likeness (QED) is 0.0377. The number of hydrogen-bond donors (Lipinski definition) is 2. The van der Waals surface area contributed by atoms with E-state index in [9.17, 15) is 14.4 Å². The van der Waals surface area contributed by atoms with Crippen molar-refractivity contribution in [3.8, 4) is 23.0 Å². The van der Waals surface area contributed by atoms with Crippen LogP contribution in [0.15, 0.2) is 96.0 Å². The number of para-hydroxylation sites is 2. The van der Waals surface area contributed by atoms with E-state index >= 15 is 0 Å². The average Bonchev–Trinajstić information content (AvgIpc) is 4.12. The van der Waals surface area contributed by atoms with Gasteiger partial charge >= 0.3 is 0 Å². The maximum Gasteiger partial charge on any atom is 0.261 e. The van der Waals surface area contributed by atoms with E-state index in [1.54, 1.807) is 50.3 Å². The summed E-state index contributed by atoms with van der Waals surface area (Å²) in [7, 11) is 8.43. The zero-order valence-corrected chi connectivity index (χ0v) is 47.5. The van der Waals surface area contributed by atoms with E-state index in [2.05, 4.69) is 59.7 Å². The van der Waals surface area contributed by atoms with Gasteiger partial charge in [0.05, 0.1) is 81.8 Å². The van der Waals surface area contributed by atoms with E-state index in [0.29, 0.717) is 117 Å². The molecule has 2 N–H and O–H groups in total. The van der Waals surface area contributed by atoms with Crippen LogP contribution in [0.25, 0.3) is 0 Å². The summed E-state index contributed by atoms with van der Waals surface area (Å²) in [6.07, 6.45) is 8.00. The van der Waals surface area contributed by atoms with Gasteiger partial charge < -0.3 is 53.6 Å². The molecule has 79 heavy (non-hydrogen) atoms. The number of ether oxygens (including phenoxy) is 7. The van der Waals surface area contributed by atoms with Crippen LogP contribution in [0.5, 0.6) is 23.0 Å². The number of nitrogens with one attached hydrogen (secondary N) is 2. The Morgan fingerprint density at radius 2 is 1.41 bits per heavy atom. The van der Waals surface area contributed by atoms with Gasteiger partial charge in [-0.1, -0.05) is 58.0 Å². The molecule has 0 aromatic heterocycles. The standard InChI is InChI=1S/C61H72N6O10S2/c1-61(2,79-78-25-11-18-58(68)64-44-14-10-15-44)39-65(19-20-74-23-24-75-22-21-71-3)45-27-40(37-76-56-33-50-48(31-54(56)72-4)59(69)66-46(35-62-50)29-42-12-6-8-16-52(42)66)26-41(28-45)38-77-57-34-51-49(32-55(57)73-5)60(70)67-47(36-63-51)30-43-13-7-9-17-53(43)67/h6-9,12-13,16-17,26-28,31-35,44,46-47,63H,10-11,14-15,18-25,29-30,36-39H2,1-5H3,(H,64,68)/t46-,47-/m0/s1. The van der Waals surface area contributed by atoms with Crippen LogP contribution in [0.1, 0.15) is 88.9 Å². The van der Waals surface area contributed by atoms with Gasteiger partial charge in [0, 0.05) is 91.5 Å². The van der Waals surface area contributed by atoms with Gasteiger partial charge in [0.2, 0.25) is 5.91 Å². The first-order valence-corrected chi connectivity index (χ1v) is 29.7. The highest BCUT2D eigenvalue weighted by Gasteiger charge is 2.39. The third kappa shape index (κ3) is 13.3. The van der Waals surface area contributed by atoms with Crippen molar-refractivity contribution < 1.29 is 47.5 Å². The van der Waals surface area contributed by atoms with Crippen molar-refractivity contribution in [3.05, 3.63) is 124 Å². The molecule has 1 aliphatic carbocycles. The summed E-state index contributed by atoms with van der Waals surface area (Å²) in [5.74, 6) is 2.58. The molecule has 4 heterocycles. The van der Waals surface area contributed by atoms with Crippen LogP contribution < -0.4 is 44.3 Å². The molecule has 10 rings (SSSR count). The molecule has 18 heteroatoms. The van der Waals surface area contributed by atoms with Gasteiger partial charge in [-0.3, -0.25) is 24.3 Å². The molecule has 0 unspecified atom stereocenters. The normalized spacial score (nSPS) is 17.0. The van der Waals surface area contributed by atoms with Crippen molar-refractivity contribution in [2.75, 3.05) is 99.8 Å². The molecular weight excluding hydrogens is 1040 g/mol. The number of aliphatic imine (C=N–C) groups is 1. The summed E-state index contributed by atoms with van der Waals surface area (Å²) in [6, 6.07) is 29.7. The molecule has 16 nitrogen and oxygen atoms in total. The van der Waals surface area contributed by atoms with Crippen LogP contribution in [-0.2, 0) is 45.1 Å². The lowest BCUT2D eigenvalue weighted by Crippen LogP contribution is -2.39. The maximum absolute atomic E-state index is 14.3. The van der Waals surface area contributed by atoms with Gasteiger partial charge in [-0.05, 0) is 111 Å².